The molecule has 0 bridgehead atoms. The molecule has 0 fully saturated rings. The maximum absolute atomic E-state index is 6.56. The predicted octanol–water partition coefficient (Wildman–Crippen LogP) is 4.44. The SMILES string of the molecule is CCc1ccc(C(C)(N)Cc2cc(Br)ccc2OC)cc1. The molecule has 112 valence electrons. The first-order valence-electron chi connectivity index (χ1n) is 7.17. The van der Waals surface area contributed by atoms with E-state index in [1.807, 2.05) is 12.1 Å². The van der Waals surface area contributed by atoms with E-state index >= 15 is 0 Å². The molecule has 0 radical (unpaired) electrons. The van der Waals surface area contributed by atoms with Gasteiger partial charge in [0.2, 0.25) is 0 Å². The Morgan fingerprint density at radius 3 is 2.38 bits per heavy atom. The first-order valence-corrected chi connectivity index (χ1v) is 7.96. The molecule has 0 aliphatic rings. The summed E-state index contributed by atoms with van der Waals surface area (Å²) in [5.41, 5.74) is 9.71. The number of aryl methyl sites for hydroxylation is 1. The highest BCUT2D eigenvalue weighted by atomic mass is 79.9. The number of nitrogens with two attached hydrogens (primary N) is 1. The summed E-state index contributed by atoms with van der Waals surface area (Å²) in [6.45, 7) is 4.22. The highest BCUT2D eigenvalue weighted by Crippen LogP contribution is 2.30. The Morgan fingerprint density at radius 2 is 1.81 bits per heavy atom. The summed E-state index contributed by atoms with van der Waals surface area (Å²) in [6, 6.07) is 14.6. The summed E-state index contributed by atoms with van der Waals surface area (Å²) in [5, 5.41) is 0. The summed E-state index contributed by atoms with van der Waals surface area (Å²) in [6.07, 6.45) is 1.77. The summed E-state index contributed by atoms with van der Waals surface area (Å²) in [4.78, 5) is 0. The van der Waals surface area contributed by atoms with Crippen LogP contribution >= 0.6 is 15.9 Å². The zero-order valence-corrected chi connectivity index (χ0v) is 14.4. The van der Waals surface area contributed by atoms with Gasteiger partial charge < -0.3 is 10.5 Å². The maximum atomic E-state index is 6.56. The van der Waals surface area contributed by atoms with Crippen molar-refractivity contribution in [1.82, 2.24) is 0 Å². The molecule has 2 rings (SSSR count). The molecule has 1 atom stereocenters. The summed E-state index contributed by atoms with van der Waals surface area (Å²) in [7, 11) is 1.69. The van der Waals surface area contributed by atoms with Crippen LogP contribution in [-0.2, 0) is 18.4 Å². The third-order valence-electron chi connectivity index (χ3n) is 3.82. The Bertz CT molecular complexity index is 605. The van der Waals surface area contributed by atoms with Crippen LogP contribution in [0, 0.1) is 0 Å². The number of halogens is 1. The number of methoxy groups -OCH3 is 1. The fraction of sp³-hybridized carbons (Fsp3) is 0.333. The second-order valence-electron chi connectivity index (χ2n) is 5.60. The van der Waals surface area contributed by atoms with Gasteiger partial charge in [-0.05, 0) is 54.7 Å². The van der Waals surface area contributed by atoms with Gasteiger partial charge in [0.15, 0.2) is 0 Å². The van der Waals surface area contributed by atoms with Crippen LogP contribution in [0.25, 0.3) is 0 Å². The van der Waals surface area contributed by atoms with E-state index in [1.165, 1.54) is 5.56 Å². The van der Waals surface area contributed by atoms with Crippen molar-refractivity contribution in [3.63, 3.8) is 0 Å². The highest BCUT2D eigenvalue weighted by molar-refractivity contribution is 9.10. The lowest BCUT2D eigenvalue weighted by Gasteiger charge is -2.26. The van der Waals surface area contributed by atoms with Crippen molar-refractivity contribution in [1.29, 1.82) is 0 Å². The molecular weight excluding hydrogens is 326 g/mol. The summed E-state index contributed by atoms with van der Waals surface area (Å²) in [5.74, 6) is 0.875. The molecule has 21 heavy (non-hydrogen) atoms. The van der Waals surface area contributed by atoms with Gasteiger partial charge in [-0.1, -0.05) is 47.1 Å². The predicted molar refractivity (Wildman–Crippen MR) is 91.8 cm³/mol. The molecule has 3 heteroatoms. The lowest BCUT2D eigenvalue weighted by Crippen LogP contribution is -2.35. The van der Waals surface area contributed by atoms with Crippen LogP contribution in [0.1, 0.15) is 30.5 Å². The van der Waals surface area contributed by atoms with Crippen molar-refractivity contribution in [3.05, 3.63) is 63.6 Å². The highest BCUT2D eigenvalue weighted by Gasteiger charge is 2.23. The number of hydrogen-bond acceptors (Lipinski definition) is 2. The third kappa shape index (κ3) is 3.86. The van der Waals surface area contributed by atoms with Crippen LogP contribution in [0.3, 0.4) is 0 Å². The van der Waals surface area contributed by atoms with Gasteiger partial charge in [-0.2, -0.15) is 0 Å². The Hall–Kier alpha value is -1.32. The Kier molecular flexibility index (Phi) is 5.07. The monoisotopic (exact) mass is 347 g/mol. The summed E-state index contributed by atoms with van der Waals surface area (Å²) < 4.78 is 6.48. The zero-order valence-electron chi connectivity index (χ0n) is 12.8. The lowest BCUT2D eigenvalue weighted by molar-refractivity contribution is 0.399. The van der Waals surface area contributed by atoms with Gasteiger partial charge >= 0.3 is 0 Å². The molecule has 0 heterocycles. The molecule has 2 nitrogen and oxygen atoms in total. The Balaban J connectivity index is 2.29. The quantitative estimate of drug-likeness (QED) is 0.867. The van der Waals surface area contributed by atoms with Crippen molar-refractivity contribution < 1.29 is 4.74 Å². The van der Waals surface area contributed by atoms with Gasteiger partial charge in [-0.25, -0.2) is 0 Å². The average Bonchev–Trinajstić information content (AvgIpc) is 2.47. The van der Waals surface area contributed by atoms with Crippen LogP contribution in [0.2, 0.25) is 0 Å². The molecule has 0 saturated heterocycles. The number of hydrogen-bond donors (Lipinski definition) is 1. The van der Waals surface area contributed by atoms with E-state index in [9.17, 15) is 0 Å². The lowest BCUT2D eigenvalue weighted by atomic mass is 9.86. The van der Waals surface area contributed by atoms with Gasteiger partial charge in [0.25, 0.3) is 0 Å². The molecule has 0 aliphatic carbocycles. The van der Waals surface area contributed by atoms with Crippen molar-refractivity contribution >= 4 is 15.9 Å². The van der Waals surface area contributed by atoms with Gasteiger partial charge in [0.1, 0.15) is 5.75 Å². The van der Waals surface area contributed by atoms with E-state index in [-0.39, 0.29) is 0 Å². The average molecular weight is 348 g/mol. The van der Waals surface area contributed by atoms with Crippen molar-refractivity contribution in [2.45, 2.75) is 32.2 Å². The molecular formula is C18H22BrNO. The molecule has 2 aromatic rings. The van der Waals surface area contributed by atoms with E-state index in [2.05, 4.69) is 60.1 Å². The van der Waals surface area contributed by atoms with E-state index < -0.39 is 5.54 Å². The second kappa shape index (κ2) is 6.63. The molecule has 0 aromatic heterocycles. The minimum absolute atomic E-state index is 0.430. The molecule has 0 aliphatic heterocycles. The number of benzene rings is 2. The second-order valence-corrected chi connectivity index (χ2v) is 6.52. The van der Waals surface area contributed by atoms with Crippen molar-refractivity contribution in [3.8, 4) is 5.75 Å². The fourth-order valence-electron chi connectivity index (χ4n) is 2.50. The van der Waals surface area contributed by atoms with Gasteiger partial charge in [-0.3, -0.25) is 0 Å². The molecule has 1 unspecified atom stereocenters. The third-order valence-corrected chi connectivity index (χ3v) is 4.32. The summed E-state index contributed by atoms with van der Waals surface area (Å²) >= 11 is 3.51. The zero-order chi connectivity index (χ0) is 15.5. The van der Waals surface area contributed by atoms with Gasteiger partial charge in [-0.15, -0.1) is 0 Å². The first-order chi connectivity index (χ1) is 9.96. The van der Waals surface area contributed by atoms with E-state index in [0.717, 1.165) is 34.2 Å². The van der Waals surface area contributed by atoms with Gasteiger partial charge in [0.05, 0.1) is 7.11 Å². The minimum Gasteiger partial charge on any atom is -0.496 e. The maximum Gasteiger partial charge on any atom is 0.122 e. The van der Waals surface area contributed by atoms with E-state index in [4.69, 9.17) is 10.5 Å². The van der Waals surface area contributed by atoms with E-state index in [0.29, 0.717) is 0 Å². The number of rotatable bonds is 5. The molecule has 0 saturated carbocycles. The standard InChI is InChI=1S/C18H22BrNO/c1-4-13-5-7-15(8-6-13)18(2,20)12-14-11-16(19)9-10-17(14)21-3/h5-11H,4,12,20H2,1-3H3. The van der Waals surface area contributed by atoms with Crippen LogP contribution in [0.4, 0.5) is 0 Å². The Morgan fingerprint density at radius 1 is 1.14 bits per heavy atom. The normalized spacial score (nSPS) is 13.8. The van der Waals surface area contributed by atoms with E-state index in [1.54, 1.807) is 7.11 Å². The van der Waals surface area contributed by atoms with Crippen LogP contribution in [0.5, 0.6) is 5.75 Å². The minimum atomic E-state index is -0.430. The van der Waals surface area contributed by atoms with Crippen LogP contribution < -0.4 is 10.5 Å². The first kappa shape index (κ1) is 16.1. The molecule has 2 aromatic carbocycles. The van der Waals surface area contributed by atoms with Crippen LogP contribution in [0.15, 0.2) is 46.9 Å². The number of ether oxygens (including phenoxy) is 1. The fourth-order valence-corrected chi connectivity index (χ4v) is 2.91. The molecule has 0 amide bonds. The molecule has 2 N–H and O–H groups in total. The Labute approximate surface area is 135 Å². The topological polar surface area (TPSA) is 35.2 Å². The van der Waals surface area contributed by atoms with Crippen molar-refractivity contribution in [2.24, 2.45) is 5.73 Å². The smallest absolute Gasteiger partial charge is 0.122 e. The van der Waals surface area contributed by atoms with Crippen LogP contribution in [-0.4, -0.2) is 7.11 Å². The largest absolute Gasteiger partial charge is 0.496 e. The van der Waals surface area contributed by atoms with Crippen molar-refractivity contribution in [2.75, 3.05) is 7.11 Å². The molecule has 0 spiro atoms. The van der Waals surface area contributed by atoms with Gasteiger partial charge in [0, 0.05) is 10.0 Å².